The number of nitrogens with two attached hydrogens (primary N) is 1. The van der Waals surface area contributed by atoms with Crippen molar-refractivity contribution in [2.24, 2.45) is 5.92 Å². The van der Waals surface area contributed by atoms with E-state index in [2.05, 4.69) is 24.1 Å². The maximum absolute atomic E-state index is 5.57. The highest BCUT2D eigenvalue weighted by Crippen LogP contribution is 2.05. The van der Waals surface area contributed by atoms with Crippen LogP contribution in [0.5, 0.6) is 0 Å². The van der Waals surface area contributed by atoms with Gasteiger partial charge in [0.2, 0.25) is 0 Å². The van der Waals surface area contributed by atoms with Crippen molar-refractivity contribution in [2.75, 3.05) is 30.8 Å². The van der Waals surface area contributed by atoms with Gasteiger partial charge in [0.05, 0.1) is 0 Å². The first kappa shape index (κ1) is 12.8. The van der Waals surface area contributed by atoms with Crippen LogP contribution in [0.15, 0.2) is 18.2 Å². The summed E-state index contributed by atoms with van der Waals surface area (Å²) in [5.41, 5.74) is 5.57. The lowest BCUT2D eigenvalue weighted by Gasteiger charge is -2.08. The van der Waals surface area contributed by atoms with Gasteiger partial charge in [0.25, 0.3) is 0 Å². The van der Waals surface area contributed by atoms with Crippen LogP contribution in [0.4, 0.5) is 11.6 Å². The standard InChI is InChI=1S/C12H21N3O/c1-10(2)9-16-8-4-7-14-12-6-3-5-11(13)15-12/h3,5-6,10H,4,7-9H2,1-2H3,(H3,13,14,15). The van der Waals surface area contributed by atoms with Crippen molar-refractivity contribution >= 4 is 11.6 Å². The van der Waals surface area contributed by atoms with Crippen molar-refractivity contribution in [3.8, 4) is 0 Å². The van der Waals surface area contributed by atoms with E-state index in [1.807, 2.05) is 12.1 Å². The van der Waals surface area contributed by atoms with Gasteiger partial charge in [0.15, 0.2) is 0 Å². The Labute approximate surface area is 97.2 Å². The quantitative estimate of drug-likeness (QED) is 0.695. The molecule has 4 heteroatoms. The Balaban J connectivity index is 2.07. The van der Waals surface area contributed by atoms with E-state index >= 15 is 0 Å². The molecule has 0 saturated carbocycles. The Morgan fingerprint density at radius 2 is 2.25 bits per heavy atom. The predicted molar refractivity (Wildman–Crippen MR) is 67.4 cm³/mol. The van der Waals surface area contributed by atoms with E-state index in [1.165, 1.54) is 0 Å². The minimum Gasteiger partial charge on any atom is -0.384 e. The smallest absolute Gasteiger partial charge is 0.128 e. The fraction of sp³-hybridized carbons (Fsp3) is 0.583. The second kappa shape index (κ2) is 7.06. The zero-order valence-corrected chi connectivity index (χ0v) is 10.1. The topological polar surface area (TPSA) is 60.2 Å². The number of ether oxygens (including phenoxy) is 1. The molecule has 0 aliphatic rings. The molecule has 16 heavy (non-hydrogen) atoms. The summed E-state index contributed by atoms with van der Waals surface area (Å²) in [5, 5.41) is 3.20. The van der Waals surface area contributed by atoms with E-state index < -0.39 is 0 Å². The minimum atomic E-state index is 0.543. The lowest BCUT2D eigenvalue weighted by Crippen LogP contribution is -2.09. The van der Waals surface area contributed by atoms with Crippen LogP contribution in [-0.4, -0.2) is 24.7 Å². The molecule has 90 valence electrons. The average Bonchev–Trinajstić information content (AvgIpc) is 2.23. The SMILES string of the molecule is CC(C)COCCCNc1cccc(N)n1. The van der Waals surface area contributed by atoms with E-state index in [1.54, 1.807) is 6.07 Å². The highest BCUT2D eigenvalue weighted by Gasteiger charge is 1.95. The number of rotatable bonds is 7. The number of nitrogen functional groups attached to an aromatic ring is 1. The molecule has 0 aliphatic carbocycles. The third-order valence-electron chi connectivity index (χ3n) is 1.99. The molecule has 0 unspecified atom stereocenters. The molecule has 0 bridgehead atoms. The monoisotopic (exact) mass is 223 g/mol. The number of nitrogens with one attached hydrogen (secondary N) is 1. The third kappa shape index (κ3) is 5.56. The van der Waals surface area contributed by atoms with E-state index in [0.29, 0.717) is 11.7 Å². The molecule has 0 atom stereocenters. The highest BCUT2D eigenvalue weighted by atomic mass is 16.5. The van der Waals surface area contributed by atoms with E-state index in [0.717, 1.165) is 32.0 Å². The van der Waals surface area contributed by atoms with Crippen LogP contribution in [0.3, 0.4) is 0 Å². The molecule has 1 aromatic rings. The summed E-state index contributed by atoms with van der Waals surface area (Å²) < 4.78 is 5.47. The first-order valence-corrected chi connectivity index (χ1v) is 5.72. The number of pyridine rings is 1. The largest absolute Gasteiger partial charge is 0.384 e. The Kier molecular flexibility index (Phi) is 5.64. The third-order valence-corrected chi connectivity index (χ3v) is 1.99. The summed E-state index contributed by atoms with van der Waals surface area (Å²) in [4.78, 5) is 4.15. The molecule has 1 rings (SSSR count). The van der Waals surface area contributed by atoms with Gasteiger partial charge in [-0.3, -0.25) is 0 Å². The molecule has 0 aromatic carbocycles. The number of hydrogen-bond donors (Lipinski definition) is 2. The molecule has 0 amide bonds. The van der Waals surface area contributed by atoms with Gasteiger partial charge in [0.1, 0.15) is 11.6 Å². The zero-order chi connectivity index (χ0) is 11.8. The molecule has 0 radical (unpaired) electrons. The van der Waals surface area contributed by atoms with Crippen LogP contribution in [0.2, 0.25) is 0 Å². The summed E-state index contributed by atoms with van der Waals surface area (Å²) in [7, 11) is 0. The molecular weight excluding hydrogens is 202 g/mol. The molecule has 1 aromatic heterocycles. The van der Waals surface area contributed by atoms with Gasteiger partial charge in [-0.1, -0.05) is 19.9 Å². The first-order valence-electron chi connectivity index (χ1n) is 5.72. The summed E-state index contributed by atoms with van der Waals surface area (Å²) in [6, 6.07) is 5.57. The van der Waals surface area contributed by atoms with Crippen molar-refractivity contribution < 1.29 is 4.74 Å². The van der Waals surface area contributed by atoms with Gasteiger partial charge >= 0.3 is 0 Å². The van der Waals surface area contributed by atoms with Crippen molar-refractivity contribution in [2.45, 2.75) is 20.3 Å². The lowest BCUT2D eigenvalue weighted by molar-refractivity contribution is 0.110. The summed E-state index contributed by atoms with van der Waals surface area (Å²) in [5.74, 6) is 1.97. The van der Waals surface area contributed by atoms with Crippen LogP contribution in [0.25, 0.3) is 0 Å². The predicted octanol–water partition coefficient (Wildman–Crippen LogP) is 2.14. The Morgan fingerprint density at radius 1 is 1.44 bits per heavy atom. The van der Waals surface area contributed by atoms with Crippen molar-refractivity contribution in [1.29, 1.82) is 0 Å². The minimum absolute atomic E-state index is 0.543. The van der Waals surface area contributed by atoms with Crippen LogP contribution in [-0.2, 0) is 4.74 Å². The van der Waals surface area contributed by atoms with E-state index in [9.17, 15) is 0 Å². The maximum Gasteiger partial charge on any atom is 0.128 e. The van der Waals surface area contributed by atoms with Gasteiger partial charge in [-0.05, 0) is 24.5 Å². The molecule has 4 nitrogen and oxygen atoms in total. The van der Waals surface area contributed by atoms with Crippen LogP contribution in [0.1, 0.15) is 20.3 Å². The van der Waals surface area contributed by atoms with Crippen LogP contribution >= 0.6 is 0 Å². The van der Waals surface area contributed by atoms with Crippen LogP contribution in [0, 0.1) is 5.92 Å². The van der Waals surface area contributed by atoms with Gasteiger partial charge < -0.3 is 15.8 Å². The first-order chi connectivity index (χ1) is 7.68. The Bertz CT molecular complexity index is 302. The number of hydrogen-bond acceptors (Lipinski definition) is 4. The molecule has 0 spiro atoms. The molecule has 0 fully saturated rings. The number of nitrogens with zero attached hydrogens (tertiary/aromatic N) is 1. The van der Waals surface area contributed by atoms with Gasteiger partial charge in [-0.15, -0.1) is 0 Å². The Morgan fingerprint density at radius 3 is 2.94 bits per heavy atom. The second-order valence-corrected chi connectivity index (χ2v) is 4.20. The molecule has 0 aliphatic heterocycles. The normalized spacial score (nSPS) is 10.7. The van der Waals surface area contributed by atoms with Gasteiger partial charge in [-0.2, -0.15) is 0 Å². The fourth-order valence-electron chi connectivity index (χ4n) is 1.26. The summed E-state index contributed by atoms with van der Waals surface area (Å²) >= 11 is 0. The van der Waals surface area contributed by atoms with E-state index in [-0.39, 0.29) is 0 Å². The highest BCUT2D eigenvalue weighted by molar-refractivity contribution is 5.41. The fourth-order valence-corrected chi connectivity index (χ4v) is 1.26. The molecule has 0 saturated heterocycles. The van der Waals surface area contributed by atoms with Crippen molar-refractivity contribution in [3.05, 3.63) is 18.2 Å². The van der Waals surface area contributed by atoms with E-state index in [4.69, 9.17) is 10.5 Å². The van der Waals surface area contributed by atoms with Gasteiger partial charge in [-0.25, -0.2) is 4.98 Å². The van der Waals surface area contributed by atoms with Gasteiger partial charge in [0, 0.05) is 19.8 Å². The molecular formula is C12H21N3O. The van der Waals surface area contributed by atoms with Crippen molar-refractivity contribution in [3.63, 3.8) is 0 Å². The maximum atomic E-state index is 5.57. The zero-order valence-electron chi connectivity index (χ0n) is 10.1. The summed E-state index contributed by atoms with van der Waals surface area (Å²) in [6.45, 7) is 6.77. The Hall–Kier alpha value is -1.29. The lowest BCUT2D eigenvalue weighted by atomic mass is 10.2. The molecule has 1 heterocycles. The summed E-state index contributed by atoms with van der Waals surface area (Å²) in [6.07, 6.45) is 0.975. The molecule has 3 N–H and O–H groups in total. The number of aromatic nitrogens is 1. The van der Waals surface area contributed by atoms with Crippen LogP contribution < -0.4 is 11.1 Å². The van der Waals surface area contributed by atoms with Crippen molar-refractivity contribution in [1.82, 2.24) is 4.98 Å². The number of anilines is 2. The average molecular weight is 223 g/mol. The second-order valence-electron chi connectivity index (χ2n) is 4.20.